The van der Waals surface area contributed by atoms with Gasteiger partial charge in [-0.3, -0.25) is 9.59 Å². The van der Waals surface area contributed by atoms with E-state index >= 15 is 0 Å². The number of nitrogens with one attached hydrogen (secondary N) is 1. The van der Waals surface area contributed by atoms with E-state index in [0.29, 0.717) is 23.7 Å². The predicted molar refractivity (Wildman–Crippen MR) is 74.6 cm³/mol. The molecule has 2 heterocycles. The van der Waals surface area contributed by atoms with E-state index in [2.05, 4.69) is 10.1 Å². The van der Waals surface area contributed by atoms with Gasteiger partial charge in [-0.2, -0.15) is 0 Å². The first-order valence-corrected chi connectivity index (χ1v) is 7.19. The van der Waals surface area contributed by atoms with Crippen LogP contribution in [0, 0.1) is 5.92 Å². The molecule has 0 bridgehead atoms. The average Bonchev–Trinajstić information content (AvgIpc) is 3.04. The van der Waals surface area contributed by atoms with E-state index in [1.54, 1.807) is 16.3 Å². The molecule has 108 valence electrons. The van der Waals surface area contributed by atoms with Gasteiger partial charge in [0.1, 0.15) is 4.88 Å². The van der Waals surface area contributed by atoms with Crippen molar-refractivity contribution in [1.82, 2.24) is 4.90 Å². The summed E-state index contributed by atoms with van der Waals surface area (Å²) in [5.41, 5.74) is 0.439. The zero-order chi connectivity index (χ0) is 14.7. The Morgan fingerprint density at radius 3 is 2.90 bits per heavy atom. The third kappa shape index (κ3) is 2.82. The second-order valence-corrected chi connectivity index (χ2v) is 5.39. The van der Waals surface area contributed by atoms with Gasteiger partial charge in [0.05, 0.1) is 18.7 Å². The molecule has 1 aromatic heterocycles. The number of carbonyl (C=O) groups excluding carboxylic acids is 3. The number of hydrogen-bond donors (Lipinski definition) is 1. The number of ether oxygens (including phenoxy) is 1. The number of rotatable bonds is 4. The topological polar surface area (TPSA) is 75.7 Å². The van der Waals surface area contributed by atoms with Crippen LogP contribution in [-0.4, -0.2) is 42.9 Å². The van der Waals surface area contributed by atoms with Crippen LogP contribution >= 0.6 is 11.3 Å². The molecule has 0 spiro atoms. The lowest BCUT2D eigenvalue weighted by molar-refractivity contribution is -0.128. The van der Waals surface area contributed by atoms with E-state index < -0.39 is 5.97 Å². The Morgan fingerprint density at radius 2 is 2.30 bits per heavy atom. The third-order valence-electron chi connectivity index (χ3n) is 3.26. The van der Waals surface area contributed by atoms with Crippen molar-refractivity contribution >= 4 is 34.8 Å². The summed E-state index contributed by atoms with van der Waals surface area (Å²) in [4.78, 5) is 37.3. The van der Waals surface area contributed by atoms with Gasteiger partial charge in [0.2, 0.25) is 11.8 Å². The van der Waals surface area contributed by atoms with Crippen LogP contribution in [0.15, 0.2) is 11.4 Å². The Hall–Kier alpha value is -1.89. The van der Waals surface area contributed by atoms with Crippen molar-refractivity contribution in [3.63, 3.8) is 0 Å². The second kappa shape index (κ2) is 6.04. The molecule has 0 aromatic carbocycles. The van der Waals surface area contributed by atoms with Crippen LogP contribution in [0.1, 0.15) is 23.0 Å². The number of methoxy groups -OCH3 is 1. The number of likely N-dealkylation sites (tertiary alicyclic amines) is 1. The van der Waals surface area contributed by atoms with Gasteiger partial charge in [-0.05, 0) is 18.4 Å². The molecule has 1 aliphatic heterocycles. The molecule has 1 saturated heterocycles. The highest BCUT2D eigenvalue weighted by Gasteiger charge is 2.33. The maximum absolute atomic E-state index is 12.1. The molecule has 1 fully saturated rings. The van der Waals surface area contributed by atoms with E-state index in [1.165, 1.54) is 18.4 Å². The molecule has 2 amide bonds. The van der Waals surface area contributed by atoms with E-state index in [4.69, 9.17) is 0 Å². The Morgan fingerprint density at radius 1 is 1.55 bits per heavy atom. The van der Waals surface area contributed by atoms with Crippen LogP contribution in [-0.2, 0) is 14.3 Å². The summed E-state index contributed by atoms with van der Waals surface area (Å²) in [7, 11) is 1.29. The standard InChI is InChI=1S/C13H16N2O4S/c1-3-15-7-8(6-10(15)16)12(17)14-9-4-5-20-11(9)13(18)19-2/h4-5,8H,3,6-7H2,1-2H3,(H,14,17)/t8-/m0/s1. The van der Waals surface area contributed by atoms with Crippen molar-refractivity contribution in [2.24, 2.45) is 5.92 Å². The zero-order valence-corrected chi connectivity index (χ0v) is 12.2. The van der Waals surface area contributed by atoms with Crippen LogP contribution in [0.2, 0.25) is 0 Å². The molecule has 0 radical (unpaired) electrons. The van der Waals surface area contributed by atoms with Crippen LogP contribution in [0.3, 0.4) is 0 Å². The van der Waals surface area contributed by atoms with Gasteiger partial charge in [0.25, 0.3) is 0 Å². The lowest BCUT2D eigenvalue weighted by Crippen LogP contribution is -2.28. The maximum atomic E-state index is 12.1. The number of nitrogens with zero attached hydrogens (tertiary/aromatic N) is 1. The monoisotopic (exact) mass is 296 g/mol. The van der Waals surface area contributed by atoms with E-state index in [-0.39, 0.29) is 24.2 Å². The van der Waals surface area contributed by atoms with Crippen molar-refractivity contribution < 1.29 is 19.1 Å². The molecule has 0 aliphatic carbocycles. The van der Waals surface area contributed by atoms with E-state index in [9.17, 15) is 14.4 Å². The highest BCUT2D eigenvalue weighted by Crippen LogP contribution is 2.25. The molecule has 0 saturated carbocycles. The van der Waals surface area contributed by atoms with Crippen LogP contribution < -0.4 is 5.32 Å². The van der Waals surface area contributed by atoms with Gasteiger partial charge in [-0.25, -0.2) is 4.79 Å². The van der Waals surface area contributed by atoms with Gasteiger partial charge in [0.15, 0.2) is 0 Å². The number of carbonyl (C=O) groups is 3. The molecular formula is C13H16N2O4S. The quantitative estimate of drug-likeness (QED) is 0.851. The van der Waals surface area contributed by atoms with E-state index in [1.807, 2.05) is 6.92 Å². The molecule has 0 unspecified atom stereocenters. The normalized spacial score (nSPS) is 18.2. The van der Waals surface area contributed by atoms with Gasteiger partial charge in [0, 0.05) is 19.5 Å². The second-order valence-electron chi connectivity index (χ2n) is 4.48. The fourth-order valence-electron chi connectivity index (χ4n) is 2.15. The third-order valence-corrected chi connectivity index (χ3v) is 4.16. The van der Waals surface area contributed by atoms with Crippen molar-refractivity contribution in [2.45, 2.75) is 13.3 Å². The summed E-state index contributed by atoms with van der Waals surface area (Å²) in [6.07, 6.45) is 0.220. The number of thiophene rings is 1. The largest absolute Gasteiger partial charge is 0.465 e. The zero-order valence-electron chi connectivity index (χ0n) is 11.3. The summed E-state index contributed by atoms with van der Waals surface area (Å²) < 4.78 is 4.65. The fraction of sp³-hybridized carbons (Fsp3) is 0.462. The lowest BCUT2D eigenvalue weighted by atomic mass is 10.1. The molecule has 1 aromatic rings. The van der Waals surface area contributed by atoms with Crippen molar-refractivity contribution in [3.8, 4) is 0 Å². The maximum Gasteiger partial charge on any atom is 0.350 e. The summed E-state index contributed by atoms with van der Waals surface area (Å²) >= 11 is 1.21. The number of amides is 2. The molecule has 20 heavy (non-hydrogen) atoms. The van der Waals surface area contributed by atoms with Gasteiger partial charge in [-0.15, -0.1) is 11.3 Å². The molecule has 7 heteroatoms. The number of hydrogen-bond acceptors (Lipinski definition) is 5. The summed E-state index contributed by atoms with van der Waals surface area (Å²) in [5.74, 6) is -1.09. The Balaban J connectivity index is 2.04. The average molecular weight is 296 g/mol. The SMILES string of the molecule is CCN1C[C@@H](C(=O)Nc2ccsc2C(=O)OC)CC1=O. The smallest absolute Gasteiger partial charge is 0.350 e. The van der Waals surface area contributed by atoms with Crippen LogP contribution in [0.5, 0.6) is 0 Å². The first-order valence-electron chi connectivity index (χ1n) is 6.31. The molecule has 1 atom stereocenters. The number of esters is 1. The van der Waals surface area contributed by atoms with Gasteiger partial charge in [-0.1, -0.05) is 0 Å². The minimum absolute atomic E-state index is 0.00819. The molecule has 6 nitrogen and oxygen atoms in total. The van der Waals surface area contributed by atoms with Crippen molar-refractivity contribution in [3.05, 3.63) is 16.3 Å². The lowest BCUT2D eigenvalue weighted by Gasteiger charge is -2.13. The molecule has 2 rings (SSSR count). The first kappa shape index (κ1) is 14.5. The fourth-order valence-corrected chi connectivity index (χ4v) is 2.91. The molecule has 1 aliphatic rings. The number of anilines is 1. The van der Waals surface area contributed by atoms with Gasteiger partial charge >= 0.3 is 5.97 Å². The molecule has 1 N–H and O–H groups in total. The van der Waals surface area contributed by atoms with E-state index in [0.717, 1.165) is 0 Å². The summed E-state index contributed by atoms with van der Waals surface area (Å²) in [5, 5.41) is 4.41. The first-order chi connectivity index (χ1) is 9.56. The molecular weight excluding hydrogens is 280 g/mol. The Bertz CT molecular complexity index is 540. The van der Waals surface area contributed by atoms with Gasteiger partial charge < -0.3 is 15.0 Å². The Labute approximate surface area is 120 Å². The minimum Gasteiger partial charge on any atom is -0.465 e. The van der Waals surface area contributed by atoms with Crippen LogP contribution in [0.25, 0.3) is 0 Å². The summed E-state index contributed by atoms with van der Waals surface area (Å²) in [6.45, 7) is 2.92. The highest BCUT2D eigenvalue weighted by atomic mass is 32.1. The van der Waals surface area contributed by atoms with Crippen molar-refractivity contribution in [1.29, 1.82) is 0 Å². The highest BCUT2D eigenvalue weighted by molar-refractivity contribution is 7.12. The minimum atomic E-state index is -0.479. The Kier molecular flexibility index (Phi) is 4.39. The predicted octanol–water partition coefficient (Wildman–Crippen LogP) is 1.34. The summed E-state index contributed by atoms with van der Waals surface area (Å²) in [6, 6.07) is 1.66. The van der Waals surface area contributed by atoms with Crippen molar-refractivity contribution in [2.75, 3.05) is 25.5 Å². The van der Waals surface area contributed by atoms with Crippen LogP contribution in [0.4, 0.5) is 5.69 Å².